The molecule has 0 saturated carbocycles. The Morgan fingerprint density at radius 3 is 2.57 bits per heavy atom. The van der Waals surface area contributed by atoms with Gasteiger partial charge in [-0.25, -0.2) is 4.98 Å². The van der Waals surface area contributed by atoms with E-state index < -0.39 is 0 Å². The molecule has 1 aliphatic carbocycles. The first kappa shape index (κ1) is 20.4. The zero-order valence-corrected chi connectivity index (χ0v) is 18.0. The molecule has 6 heteroatoms. The van der Waals surface area contributed by atoms with E-state index in [4.69, 9.17) is 15.7 Å². The van der Waals surface area contributed by atoms with Gasteiger partial charge in [-0.05, 0) is 51.1 Å². The molecular formula is C22H25ClN4S. The average Bonchev–Trinajstić information content (AvgIpc) is 2.68. The van der Waals surface area contributed by atoms with Gasteiger partial charge in [-0.3, -0.25) is 4.99 Å². The molecule has 2 aliphatic rings. The lowest BCUT2D eigenvalue weighted by atomic mass is 10.0. The summed E-state index contributed by atoms with van der Waals surface area (Å²) in [7, 11) is 0. The molecule has 0 bridgehead atoms. The number of anilines is 2. The molecule has 0 saturated heterocycles. The lowest BCUT2D eigenvalue weighted by Gasteiger charge is -2.21. The number of hydrogen-bond donors (Lipinski definition) is 1. The molecule has 0 atom stereocenters. The molecule has 28 heavy (non-hydrogen) atoms. The highest BCUT2D eigenvalue weighted by atomic mass is 35.5. The number of nitrogens with two attached hydrogens (primary N) is 1. The van der Waals surface area contributed by atoms with Crippen molar-refractivity contribution in [3.05, 3.63) is 47.8 Å². The average molecular weight is 413 g/mol. The monoisotopic (exact) mass is 412 g/mol. The molecular weight excluding hydrogens is 388 g/mol. The number of hydrogen-bond acceptors (Lipinski definition) is 5. The standard InChI is InChI=1S/C22H24N4S.ClH/c1-4-24-18-13-20-22(21-15(18)8-7-9-16(21)23)25-17-11-10-14(12-19(17)27-20)26(5-2)6-3;/h7-13H,4-6,23H2,1-3H3;1H. The summed E-state index contributed by atoms with van der Waals surface area (Å²) in [6.45, 7) is 9.16. The maximum Gasteiger partial charge on any atom is 0.0910 e. The second kappa shape index (κ2) is 8.33. The molecule has 0 unspecified atom stereocenters. The van der Waals surface area contributed by atoms with Crippen LogP contribution in [-0.2, 0) is 0 Å². The lowest BCUT2D eigenvalue weighted by Crippen LogP contribution is -2.21. The first-order valence-corrected chi connectivity index (χ1v) is 10.3. The molecule has 146 valence electrons. The maximum absolute atomic E-state index is 6.35. The number of fused-ring (bicyclic) bond motifs is 4. The van der Waals surface area contributed by atoms with E-state index in [1.807, 2.05) is 12.1 Å². The molecule has 2 N–H and O–H groups in total. The largest absolute Gasteiger partial charge is 0.398 e. The zero-order chi connectivity index (χ0) is 19.0. The van der Waals surface area contributed by atoms with Crippen LogP contribution >= 0.6 is 23.7 Å². The van der Waals surface area contributed by atoms with Crippen LogP contribution in [-0.4, -0.2) is 24.6 Å². The van der Waals surface area contributed by atoms with Gasteiger partial charge in [0.05, 0.1) is 26.1 Å². The molecule has 2 aromatic carbocycles. The highest BCUT2D eigenvalue weighted by Gasteiger charge is 2.16. The van der Waals surface area contributed by atoms with Gasteiger partial charge in [0.2, 0.25) is 0 Å². The Morgan fingerprint density at radius 2 is 1.86 bits per heavy atom. The molecule has 0 amide bonds. The topological polar surface area (TPSA) is 54.5 Å². The number of rotatable bonds is 4. The van der Waals surface area contributed by atoms with Crippen LogP contribution in [0.5, 0.6) is 0 Å². The molecule has 0 spiro atoms. The van der Waals surface area contributed by atoms with E-state index in [0.717, 1.165) is 57.5 Å². The molecule has 0 fully saturated rings. The second-order valence-corrected chi connectivity index (χ2v) is 7.61. The van der Waals surface area contributed by atoms with Gasteiger partial charge in [0.15, 0.2) is 0 Å². The van der Waals surface area contributed by atoms with E-state index in [9.17, 15) is 0 Å². The molecule has 0 aromatic heterocycles. The van der Waals surface area contributed by atoms with Crippen LogP contribution < -0.4 is 16.0 Å². The van der Waals surface area contributed by atoms with E-state index in [1.165, 1.54) is 10.4 Å². The van der Waals surface area contributed by atoms with Crippen LogP contribution in [0.25, 0.3) is 31.6 Å². The van der Waals surface area contributed by atoms with Gasteiger partial charge in [0.1, 0.15) is 0 Å². The van der Waals surface area contributed by atoms with Crippen molar-refractivity contribution in [1.82, 2.24) is 4.98 Å². The Bertz CT molecular complexity index is 1160. The van der Waals surface area contributed by atoms with Crippen LogP contribution in [0.4, 0.5) is 11.4 Å². The number of nitrogens with zero attached hydrogens (tertiary/aromatic N) is 3. The molecule has 1 aliphatic heterocycles. The summed E-state index contributed by atoms with van der Waals surface area (Å²) in [4.78, 5) is 13.2. The van der Waals surface area contributed by atoms with Crippen LogP contribution in [0.2, 0.25) is 0 Å². The zero-order valence-electron chi connectivity index (χ0n) is 16.4. The van der Waals surface area contributed by atoms with E-state index in [2.05, 4.69) is 56.0 Å². The van der Waals surface area contributed by atoms with Crippen LogP contribution in [0.3, 0.4) is 0 Å². The third-order valence-corrected chi connectivity index (χ3v) is 6.04. The van der Waals surface area contributed by atoms with Gasteiger partial charge in [-0.1, -0.05) is 12.1 Å². The molecule has 4 rings (SSSR count). The van der Waals surface area contributed by atoms with Crippen molar-refractivity contribution in [3.63, 3.8) is 0 Å². The maximum atomic E-state index is 6.35. The van der Waals surface area contributed by atoms with Gasteiger partial charge in [-0.2, -0.15) is 0 Å². The quantitative estimate of drug-likeness (QED) is 0.280. The number of halogens is 1. The van der Waals surface area contributed by atoms with Crippen molar-refractivity contribution in [1.29, 1.82) is 0 Å². The highest BCUT2D eigenvalue weighted by Crippen LogP contribution is 2.37. The Morgan fingerprint density at radius 1 is 1.07 bits per heavy atom. The Labute approximate surface area is 175 Å². The first-order valence-electron chi connectivity index (χ1n) is 9.47. The fraction of sp³-hybridized carbons (Fsp3) is 0.273. The summed E-state index contributed by atoms with van der Waals surface area (Å²) in [6, 6.07) is 14.7. The summed E-state index contributed by atoms with van der Waals surface area (Å²) in [6.07, 6.45) is 0. The van der Waals surface area contributed by atoms with Crippen molar-refractivity contribution in [2.75, 3.05) is 30.3 Å². The highest BCUT2D eigenvalue weighted by molar-refractivity contribution is 7.21. The van der Waals surface area contributed by atoms with Gasteiger partial charge in [-0.15, -0.1) is 23.7 Å². The Hall–Kier alpha value is -2.37. The molecule has 2 aromatic rings. The van der Waals surface area contributed by atoms with Crippen LogP contribution in [0, 0.1) is 0 Å². The fourth-order valence-electron chi connectivity index (χ4n) is 3.63. The van der Waals surface area contributed by atoms with Crippen molar-refractivity contribution in [2.45, 2.75) is 20.8 Å². The minimum absolute atomic E-state index is 0. The second-order valence-electron chi connectivity index (χ2n) is 6.52. The van der Waals surface area contributed by atoms with Crippen molar-refractivity contribution in [2.24, 2.45) is 4.99 Å². The first-order chi connectivity index (χ1) is 13.2. The van der Waals surface area contributed by atoms with Crippen LogP contribution in [0.15, 0.2) is 47.5 Å². The molecule has 0 radical (unpaired) electrons. The number of benzene rings is 3. The van der Waals surface area contributed by atoms with Gasteiger partial charge in [0, 0.05) is 41.8 Å². The normalized spacial score (nSPS) is 11.9. The fourth-order valence-corrected chi connectivity index (χ4v) is 4.68. The summed E-state index contributed by atoms with van der Waals surface area (Å²) < 4.78 is 1.18. The minimum atomic E-state index is 0. The predicted molar refractivity (Wildman–Crippen MR) is 125 cm³/mol. The summed E-state index contributed by atoms with van der Waals surface area (Å²) >= 11 is 1.76. The van der Waals surface area contributed by atoms with E-state index in [0.29, 0.717) is 0 Å². The van der Waals surface area contributed by atoms with Crippen LogP contribution in [0.1, 0.15) is 20.8 Å². The molecule has 4 nitrogen and oxygen atoms in total. The number of nitrogen functional groups attached to an aromatic ring is 1. The van der Waals surface area contributed by atoms with Gasteiger partial charge >= 0.3 is 0 Å². The Kier molecular flexibility index (Phi) is 6.06. The number of aromatic nitrogens is 1. The van der Waals surface area contributed by atoms with E-state index >= 15 is 0 Å². The van der Waals surface area contributed by atoms with Crippen molar-refractivity contribution in [3.8, 4) is 10.6 Å². The molecule has 1 heterocycles. The van der Waals surface area contributed by atoms with Crippen molar-refractivity contribution < 1.29 is 0 Å². The summed E-state index contributed by atoms with van der Waals surface area (Å²) in [5.74, 6) is 0. The van der Waals surface area contributed by atoms with E-state index in [1.54, 1.807) is 11.3 Å². The third-order valence-electron chi connectivity index (χ3n) is 4.96. The predicted octanol–water partition coefficient (Wildman–Crippen LogP) is 5.33. The van der Waals surface area contributed by atoms with Crippen molar-refractivity contribution >= 4 is 56.1 Å². The summed E-state index contributed by atoms with van der Waals surface area (Å²) in [5.41, 5.74) is 10.3. The third kappa shape index (κ3) is 3.40. The van der Waals surface area contributed by atoms with Gasteiger partial charge in [0.25, 0.3) is 0 Å². The smallest absolute Gasteiger partial charge is 0.0910 e. The summed E-state index contributed by atoms with van der Waals surface area (Å²) in [5, 5.41) is 3.07. The Balaban J connectivity index is 0.00000225. The SMILES string of the molecule is CCN=c1cc2sc3cc(N(CC)CC)ccc3nc-2c2c(N)cccc12.Cl. The van der Waals surface area contributed by atoms with E-state index in [-0.39, 0.29) is 12.4 Å². The minimum Gasteiger partial charge on any atom is -0.398 e. The van der Waals surface area contributed by atoms with Gasteiger partial charge < -0.3 is 10.6 Å². The lowest BCUT2D eigenvalue weighted by molar-refractivity contribution is 0.867.